The second-order valence-corrected chi connectivity index (χ2v) is 15.6. The van der Waals surface area contributed by atoms with Crippen molar-refractivity contribution in [3.63, 3.8) is 0 Å². The molecule has 53 heavy (non-hydrogen) atoms. The highest BCUT2D eigenvalue weighted by Gasteiger charge is 2.35. The first-order chi connectivity index (χ1) is 25.7. The van der Waals surface area contributed by atoms with E-state index in [1.165, 1.54) is 25.3 Å². The number of fused-ring (bicyclic) bond motifs is 1. The van der Waals surface area contributed by atoms with Crippen LogP contribution in [0.5, 0.6) is 0 Å². The van der Waals surface area contributed by atoms with Crippen molar-refractivity contribution in [1.29, 1.82) is 0 Å². The SMILES string of the molecule is N[C@@H](C(=O)C1CCC(OC2CCN(CC(=O)N3CCN(C(=O)c4cc(Cc5n[nH]c(=O)c6ccccc56)ccc4F)CC3)CC2)CC1)C1CCCCC1. The summed E-state index contributed by atoms with van der Waals surface area (Å²) in [5.41, 5.74) is 7.49. The standard InChI is InChI=1S/C41H53FN6O5/c42-35-15-10-27(25-36-32-8-4-5-9-33(32)40(51)45-44-36)24-34(35)41(52)48-22-20-47(21-23-48)37(49)26-46-18-16-31(17-19-46)53-30-13-11-29(12-14-30)39(50)38(43)28-6-2-1-3-7-28/h4-5,8-10,15,24,28-31,38H,1-3,6-7,11-14,16-23,25-26,43H2,(H,45,51)/t29?,30?,38-/m1/s1. The Morgan fingerprint density at radius 1 is 0.830 bits per heavy atom. The number of rotatable bonds is 10. The predicted octanol–water partition coefficient (Wildman–Crippen LogP) is 4.45. The number of H-pyrrole nitrogens is 1. The minimum Gasteiger partial charge on any atom is -0.375 e. The lowest BCUT2D eigenvalue weighted by molar-refractivity contribution is -0.135. The lowest BCUT2D eigenvalue weighted by Crippen LogP contribution is -2.53. The van der Waals surface area contributed by atoms with Crippen LogP contribution in [0.25, 0.3) is 10.8 Å². The zero-order valence-electron chi connectivity index (χ0n) is 30.6. The number of ketones is 1. The molecule has 2 saturated heterocycles. The Bertz CT molecular complexity index is 1820. The van der Waals surface area contributed by atoms with Gasteiger partial charge in [0.25, 0.3) is 11.5 Å². The van der Waals surface area contributed by atoms with E-state index in [1.807, 2.05) is 12.1 Å². The summed E-state index contributed by atoms with van der Waals surface area (Å²) in [4.78, 5) is 57.6. The molecule has 11 nitrogen and oxygen atoms in total. The predicted molar refractivity (Wildman–Crippen MR) is 200 cm³/mol. The van der Waals surface area contributed by atoms with E-state index in [-0.39, 0.29) is 47.0 Å². The second-order valence-electron chi connectivity index (χ2n) is 15.6. The summed E-state index contributed by atoms with van der Waals surface area (Å²) in [6, 6.07) is 11.4. The molecule has 0 radical (unpaired) electrons. The summed E-state index contributed by atoms with van der Waals surface area (Å²) in [5.74, 6) is -0.251. The van der Waals surface area contributed by atoms with Gasteiger partial charge in [-0.1, -0.05) is 43.5 Å². The monoisotopic (exact) mass is 728 g/mol. The number of piperidine rings is 1. The van der Waals surface area contributed by atoms with Gasteiger partial charge in [0.15, 0.2) is 5.78 Å². The number of carbonyl (C=O) groups excluding carboxylic acids is 3. The van der Waals surface area contributed by atoms with E-state index in [0.29, 0.717) is 67.1 Å². The molecule has 12 heteroatoms. The summed E-state index contributed by atoms with van der Waals surface area (Å²) in [6.07, 6.45) is 11.8. The second kappa shape index (κ2) is 17.0. The Balaban J connectivity index is 0.829. The van der Waals surface area contributed by atoms with Crippen LogP contribution in [0.2, 0.25) is 0 Å². The van der Waals surface area contributed by atoms with E-state index in [2.05, 4.69) is 15.1 Å². The molecule has 2 aliphatic carbocycles. The number of nitrogens with two attached hydrogens (primary N) is 1. The topological polar surface area (TPSA) is 142 Å². The van der Waals surface area contributed by atoms with Gasteiger partial charge in [-0.3, -0.25) is 24.1 Å². The number of hydrogen-bond donors (Lipinski definition) is 2. The van der Waals surface area contributed by atoms with Crippen LogP contribution in [0.15, 0.2) is 47.3 Å². The Morgan fingerprint density at radius 2 is 1.49 bits per heavy atom. The number of ether oxygens (including phenoxy) is 1. The molecule has 2 amide bonds. The Hall–Kier alpha value is -4.00. The number of aromatic nitrogens is 2. The molecule has 4 aliphatic rings. The fraction of sp³-hybridized carbons (Fsp3) is 0.585. The van der Waals surface area contributed by atoms with Crippen LogP contribution in [0.3, 0.4) is 0 Å². The number of nitrogens with one attached hydrogen (secondary N) is 1. The van der Waals surface area contributed by atoms with Crippen molar-refractivity contribution in [3.8, 4) is 0 Å². The lowest BCUT2D eigenvalue weighted by Gasteiger charge is -2.38. The molecule has 7 rings (SSSR count). The highest BCUT2D eigenvalue weighted by atomic mass is 19.1. The molecular formula is C41H53FN6O5. The summed E-state index contributed by atoms with van der Waals surface area (Å²) in [6.45, 7) is 3.37. The summed E-state index contributed by atoms with van der Waals surface area (Å²) in [7, 11) is 0. The molecule has 0 spiro atoms. The zero-order valence-corrected chi connectivity index (χ0v) is 30.6. The maximum atomic E-state index is 15.0. The van der Waals surface area contributed by atoms with Crippen molar-refractivity contribution in [1.82, 2.24) is 24.9 Å². The van der Waals surface area contributed by atoms with E-state index < -0.39 is 11.7 Å². The Kier molecular flexibility index (Phi) is 12.0. The molecule has 2 aliphatic heterocycles. The van der Waals surface area contributed by atoms with Gasteiger partial charge in [0.2, 0.25) is 5.91 Å². The maximum absolute atomic E-state index is 15.0. The molecule has 0 bridgehead atoms. The van der Waals surface area contributed by atoms with Crippen LogP contribution >= 0.6 is 0 Å². The van der Waals surface area contributed by atoms with Gasteiger partial charge in [-0.2, -0.15) is 5.10 Å². The van der Waals surface area contributed by atoms with E-state index in [4.69, 9.17) is 10.5 Å². The number of piperazine rings is 1. The minimum absolute atomic E-state index is 0.0125. The van der Waals surface area contributed by atoms with Crippen molar-refractivity contribution < 1.29 is 23.5 Å². The van der Waals surface area contributed by atoms with Crippen LogP contribution < -0.4 is 11.3 Å². The normalized spacial score (nSPS) is 22.9. The Labute approximate surface area is 310 Å². The molecule has 3 N–H and O–H groups in total. The van der Waals surface area contributed by atoms with Crippen molar-refractivity contribution in [2.75, 3.05) is 45.8 Å². The fourth-order valence-corrected chi connectivity index (χ4v) is 8.92. The zero-order chi connectivity index (χ0) is 36.9. The van der Waals surface area contributed by atoms with Gasteiger partial charge in [-0.15, -0.1) is 0 Å². The third-order valence-electron chi connectivity index (χ3n) is 12.2. The van der Waals surface area contributed by atoms with Gasteiger partial charge < -0.3 is 20.3 Å². The minimum atomic E-state index is -0.596. The Morgan fingerprint density at radius 3 is 2.21 bits per heavy atom. The molecule has 2 saturated carbocycles. The highest BCUT2D eigenvalue weighted by Crippen LogP contribution is 2.33. The number of carbonyl (C=O) groups is 3. The van der Waals surface area contributed by atoms with E-state index in [0.717, 1.165) is 64.5 Å². The van der Waals surface area contributed by atoms with Gasteiger partial charge in [0.05, 0.1) is 41.4 Å². The van der Waals surface area contributed by atoms with Crippen molar-refractivity contribution in [3.05, 3.63) is 75.5 Å². The quantitative estimate of drug-likeness (QED) is 0.312. The van der Waals surface area contributed by atoms with Crippen LogP contribution in [0.4, 0.5) is 4.39 Å². The number of Topliss-reactive ketones (excluding diaryl/α,β-unsaturated/α-hetero) is 1. The fourth-order valence-electron chi connectivity index (χ4n) is 8.92. The molecular weight excluding hydrogens is 675 g/mol. The van der Waals surface area contributed by atoms with Crippen molar-refractivity contribution >= 4 is 28.4 Å². The first-order valence-corrected chi connectivity index (χ1v) is 19.7. The summed E-state index contributed by atoms with van der Waals surface area (Å²) >= 11 is 0. The van der Waals surface area contributed by atoms with E-state index in [9.17, 15) is 23.6 Å². The van der Waals surface area contributed by atoms with E-state index in [1.54, 1.807) is 34.1 Å². The number of benzene rings is 2. The summed E-state index contributed by atoms with van der Waals surface area (Å²) in [5, 5.41) is 7.98. The van der Waals surface area contributed by atoms with Crippen LogP contribution in [-0.4, -0.2) is 107 Å². The molecule has 3 aromatic rings. The van der Waals surface area contributed by atoms with E-state index >= 15 is 0 Å². The number of amides is 2. The molecule has 4 fully saturated rings. The van der Waals surface area contributed by atoms with Gasteiger partial charge in [0.1, 0.15) is 5.82 Å². The molecule has 1 atom stereocenters. The number of aromatic amines is 1. The smallest absolute Gasteiger partial charge is 0.272 e. The van der Waals surface area contributed by atoms with Gasteiger partial charge >= 0.3 is 0 Å². The first-order valence-electron chi connectivity index (χ1n) is 19.7. The molecule has 1 aromatic heterocycles. The van der Waals surface area contributed by atoms with Crippen molar-refractivity contribution in [2.24, 2.45) is 17.6 Å². The lowest BCUT2D eigenvalue weighted by atomic mass is 9.76. The maximum Gasteiger partial charge on any atom is 0.272 e. The first kappa shape index (κ1) is 37.3. The van der Waals surface area contributed by atoms with Crippen molar-refractivity contribution in [2.45, 2.75) is 95.3 Å². The molecule has 284 valence electrons. The van der Waals surface area contributed by atoms with Gasteiger partial charge in [0, 0.05) is 57.0 Å². The van der Waals surface area contributed by atoms with Gasteiger partial charge in [-0.25, -0.2) is 9.49 Å². The van der Waals surface area contributed by atoms with Crippen LogP contribution in [0.1, 0.15) is 92.2 Å². The average molecular weight is 729 g/mol. The third kappa shape index (κ3) is 8.87. The molecule has 2 aromatic carbocycles. The molecule has 3 heterocycles. The number of hydrogen-bond acceptors (Lipinski definition) is 8. The third-order valence-corrected chi connectivity index (χ3v) is 12.2. The largest absolute Gasteiger partial charge is 0.375 e. The molecule has 0 unspecified atom stereocenters. The summed E-state index contributed by atoms with van der Waals surface area (Å²) < 4.78 is 21.5. The van der Waals surface area contributed by atoms with Crippen LogP contribution in [-0.2, 0) is 20.7 Å². The van der Waals surface area contributed by atoms with Crippen LogP contribution in [0, 0.1) is 17.7 Å². The number of nitrogens with zero attached hydrogens (tertiary/aromatic N) is 4. The van der Waals surface area contributed by atoms with Gasteiger partial charge in [-0.05, 0) is 81.0 Å². The number of halogens is 1. The highest BCUT2D eigenvalue weighted by molar-refractivity contribution is 5.95. The number of likely N-dealkylation sites (tertiary alicyclic amines) is 1. The average Bonchev–Trinajstić information content (AvgIpc) is 3.20.